The largest absolute Gasteiger partial charge is 0.271 e. The van der Waals surface area contributed by atoms with Crippen LogP contribution in [-0.2, 0) is 0 Å². The van der Waals surface area contributed by atoms with Crippen LogP contribution in [0, 0.1) is 11.8 Å². The molecule has 11 heavy (non-hydrogen) atoms. The van der Waals surface area contributed by atoms with Crippen molar-refractivity contribution in [3.63, 3.8) is 0 Å². The van der Waals surface area contributed by atoms with E-state index in [0.29, 0.717) is 0 Å². The molecule has 2 atom stereocenters. The van der Waals surface area contributed by atoms with Crippen molar-refractivity contribution >= 4 is 0 Å². The Morgan fingerprint density at radius 1 is 1.36 bits per heavy atom. The Balaban J connectivity index is 2.18. The van der Waals surface area contributed by atoms with Crippen LogP contribution in [0.2, 0.25) is 0 Å². The van der Waals surface area contributed by atoms with Crippen molar-refractivity contribution in [1.82, 2.24) is 5.43 Å². The quantitative estimate of drug-likeness (QED) is 0.482. The topological polar surface area (TPSA) is 38.0 Å². The molecule has 0 radical (unpaired) electrons. The average molecular weight is 156 g/mol. The summed E-state index contributed by atoms with van der Waals surface area (Å²) < 4.78 is 0. The lowest BCUT2D eigenvalue weighted by Gasteiger charge is -2.28. The van der Waals surface area contributed by atoms with Crippen LogP contribution in [0.15, 0.2) is 0 Å². The van der Waals surface area contributed by atoms with Crippen LogP contribution in [0.25, 0.3) is 0 Å². The first kappa shape index (κ1) is 9.01. The second-order valence-corrected chi connectivity index (χ2v) is 3.76. The number of nitrogens with two attached hydrogens (primary N) is 1. The highest BCUT2D eigenvalue weighted by atomic mass is 15.2. The zero-order valence-electron chi connectivity index (χ0n) is 7.47. The minimum atomic E-state index is 0.928. The summed E-state index contributed by atoms with van der Waals surface area (Å²) in [5, 5.41) is 0. The number of nitrogens with one attached hydrogen (secondary N) is 1. The lowest BCUT2D eigenvalue weighted by atomic mass is 9.79. The first-order valence-corrected chi connectivity index (χ1v) is 4.78. The van der Waals surface area contributed by atoms with Crippen LogP contribution in [0.5, 0.6) is 0 Å². The fraction of sp³-hybridized carbons (Fsp3) is 1.00. The SMILES string of the molecule is CC1CCCCC1CCNN. The van der Waals surface area contributed by atoms with Crippen molar-refractivity contribution in [2.45, 2.75) is 39.0 Å². The van der Waals surface area contributed by atoms with E-state index >= 15 is 0 Å². The minimum Gasteiger partial charge on any atom is -0.271 e. The van der Waals surface area contributed by atoms with E-state index in [4.69, 9.17) is 5.84 Å². The highest BCUT2D eigenvalue weighted by molar-refractivity contribution is 4.72. The van der Waals surface area contributed by atoms with E-state index in [9.17, 15) is 0 Å². The van der Waals surface area contributed by atoms with Crippen molar-refractivity contribution in [1.29, 1.82) is 0 Å². The zero-order chi connectivity index (χ0) is 8.10. The molecule has 1 rings (SSSR count). The average Bonchev–Trinajstić information content (AvgIpc) is 2.03. The molecule has 0 spiro atoms. The van der Waals surface area contributed by atoms with E-state index in [2.05, 4.69) is 12.3 Å². The van der Waals surface area contributed by atoms with Crippen molar-refractivity contribution in [3.05, 3.63) is 0 Å². The van der Waals surface area contributed by atoms with E-state index < -0.39 is 0 Å². The van der Waals surface area contributed by atoms with E-state index in [1.165, 1.54) is 32.1 Å². The lowest BCUT2D eigenvalue weighted by Crippen LogP contribution is -2.27. The van der Waals surface area contributed by atoms with Crippen molar-refractivity contribution in [2.24, 2.45) is 17.7 Å². The molecule has 1 fully saturated rings. The molecule has 2 nitrogen and oxygen atoms in total. The summed E-state index contributed by atoms with van der Waals surface area (Å²) in [4.78, 5) is 0. The van der Waals surface area contributed by atoms with E-state index in [0.717, 1.165) is 18.4 Å². The maximum absolute atomic E-state index is 5.24. The van der Waals surface area contributed by atoms with Crippen LogP contribution in [0.4, 0.5) is 0 Å². The zero-order valence-corrected chi connectivity index (χ0v) is 7.47. The fourth-order valence-electron chi connectivity index (χ4n) is 2.09. The standard InChI is InChI=1S/C9H20N2/c1-8-4-2-3-5-9(8)6-7-11-10/h8-9,11H,2-7,10H2,1H3. The van der Waals surface area contributed by atoms with Crippen LogP contribution < -0.4 is 11.3 Å². The van der Waals surface area contributed by atoms with E-state index in [-0.39, 0.29) is 0 Å². The van der Waals surface area contributed by atoms with Gasteiger partial charge in [-0.2, -0.15) is 0 Å². The van der Waals surface area contributed by atoms with E-state index in [1.54, 1.807) is 0 Å². The third-order valence-electron chi connectivity index (χ3n) is 2.95. The summed E-state index contributed by atoms with van der Waals surface area (Å²) in [6, 6.07) is 0. The molecular weight excluding hydrogens is 136 g/mol. The summed E-state index contributed by atoms with van der Waals surface area (Å²) in [5.41, 5.74) is 2.74. The second-order valence-electron chi connectivity index (χ2n) is 3.76. The molecular formula is C9H20N2. The van der Waals surface area contributed by atoms with Gasteiger partial charge in [-0.3, -0.25) is 11.3 Å². The Labute approximate surface area is 69.5 Å². The molecule has 1 aliphatic carbocycles. The van der Waals surface area contributed by atoms with Gasteiger partial charge in [0, 0.05) is 6.54 Å². The first-order valence-electron chi connectivity index (χ1n) is 4.78. The van der Waals surface area contributed by atoms with Gasteiger partial charge in [-0.15, -0.1) is 0 Å². The molecule has 0 heterocycles. The van der Waals surface area contributed by atoms with Crippen molar-refractivity contribution < 1.29 is 0 Å². The Morgan fingerprint density at radius 3 is 2.73 bits per heavy atom. The molecule has 0 aliphatic heterocycles. The number of hydrogen-bond donors (Lipinski definition) is 2. The normalized spacial score (nSPS) is 32.2. The van der Waals surface area contributed by atoms with Crippen LogP contribution in [-0.4, -0.2) is 6.54 Å². The number of hydrazine groups is 1. The lowest BCUT2D eigenvalue weighted by molar-refractivity contribution is 0.240. The van der Waals surface area contributed by atoms with Crippen molar-refractivity contribution in [3.8, 4) is 0 Å². The van der Waals surface area contributed by atoms with Gasteiger partial charge in [0.05, 0.1) is 0 Å². The molecule has 66 valence electrons. The van der Waals surface area contributed by atoms with Gasteiger partial charge in [0.1, 0.15) is 0 Å². The van der Waals surface area contributed by atoms with E-state index in [1.807, 2.05) is 0 Å². The molecule has 0 aromatic rings. The molecule has 0 amide bonds. The monoisotopic (exact) mass is 156 g/mol. The van der Waals surface area contributed by atoms with Gasteiger partial charge in [-0.05, 0) is 18.3 Å². The maximum Gasteiger partial charge on any atom is 0.0100 e. The number of rotatable bonds is 3. The van der Waals surface area contributed by atoms with Gasteiger partial charge < -0.3 is 0 Å². The highest BCUT2D eigenvalue weighted by Gasteiger charge is 2.19. The molecule has 0 aromatic heterocycles. The Morgan fingerprint density at radius 2 is 2.09 bits per heavy atom. The molecule has 3 N–H and O–H groups in total. The molecule has 1 aliphatic rings. The van der Waals surface area contributed by atoms with Gasteiger partial charge in [-0.1, -0.05) is 32.6 Å². The predicted molar refractivity (Wildman–Crippen MR) is 47.9 cm³/mol. The second kappa shape index (κ2) is 4.73. The number of hydrogen-bond acceptors (Lipinski definition) is 2. The van der Waals surface area contributed by atoms with Gasteiger partial charge in [0.2, 0.25) is 0 Å². The Kier molecular flexibility index (Phi) is 3.87. The summed E-state index contributed by atoms with van der Waals surface area (Å²) in [6.07, 6.45) is 6.98. The van der Waals surface area contributed by atoms with Gasteiger partial charge in [-0.25, -0.2) is 0 Å². The van der Waals surface area contributed by atoms with Gasteiger partial charge in [0.15, 0.2) is 0 Å². The van der Waals surface area contributed by atoms with Crippen LogP contribution in [0.1, 0.15) is 39.0 Å². The van der Waals surface area contributed by atoms with Gasteiger partial charge >= 0.3 is 0 Å². The molecule has 0 aromatic carbocycles. The molecule has 1 saturated carbocycles. The Bertz CT molecular complexity index is 104. The maximum atomic E-state index is 5.24. The van der Waals surface area contributed by atoms with Crippen LogP contribution >= 0.6 is 0 Å². The summed E-state index contributed by atoms with van der Waals surface area (Å²) in [5.74, 6) is 7.10. The summed E-state index contributed by atoms with van der Waals surface area (Å²) >= 11 is 0. The minimum absolute atomic E-state index is 0.928. The predicted octanol–water partition coefficient (Wildman–Crippen LogP) is 1.67. The van der Waals surface area contributed by atoms with Crippen molar-refractivity contribution in [2.75, 3.05) is 6.54 Å². The molecule has 2 heteroatoms. The smallest absolute Gasteiger partial charge is 0.0100 e. The summed E-state index contributed by atoms with van der Waals surface area (Å²) in [6.45, 7) is 3.36. The Hall–Kier alpha value is -0.0800. The fourth-order valence-corrected chi connectivity index (χ4v) is 2.09. The molecule has 0 bridgehead atoms. The molecule has 2 unspecified atom stereocenters. The molecule has 0 saturated heterocycles. The van der Waals surface area contributed by atoms with Crippen LogP contribution in [0.3, 0.4) is 0 Å². The summed E-state index contributed by atoms with van der Waals surface area (Å²) in [7, 11) is 0. The third-order valence-corrected chi connectivity index (χ3v) is 2.95. The van der Waals surface area contributed by atoms with Gasteiger partial charge in [0.25, 0.3) is 0 Å². The highest BCUT2D eigenvalue weighted by Crippen LogP contribution is 2.31. The third kappa shape index (κ3) is 2.80. The first-order chi connectivity index (χ1) is 5.34.